The van der Waals surface area contributed by atoms with E-state index in [1.165, 1.54) is 4.90 Å². The summed E-state index contributed by atoms with van der Waals surface area (Å²) in [6.07, 6.45) is 0. The molecule has 2 rings (SSSR count). The molecule has 1 atom stereocenters. The standard InChI is InChI=1S/C16H20N2OS/c1-2-19-14-8-6-7-13(11-14)16(18-17)12-20-15-9-4-3-5-10-15/h3-11,16,18H,2,12,17H2,1H3. The number of hydrogen-bond donors (Lipinski definition) is 2. The normalized spacial score (nSPS) is 12.1. The maximum atomic E-state index is 5.69. The van der Waals surface area contributed by atoms with E-state index < -0.39 is 0 Å². The predicted molar refractivity (Wildman–Crippen MR) is 84.8 cm³/mol. The van der Waals surface area contributed by atoms with E-state index in [0.717, 1.165) is 17.1 Å². The van der Waals surface area contributed by atoms with Crippen LogP contribution < -0.4 is 16.0 Å². The Morgan fingerprint density at radius 3 is 2.65 bits per heavy atom. The maximum absolute atomic E-state index is 5.69. The van der Waals surface area contributed by atoms with Crippen LogP contribution in [-0.4, -0.2) is 12.4 Å². The molecule has 0 heterocycles. The molecule has 0 saturated heterocycles. The molecule has 0 fully saturated rings. The van der Waals surface area contributed by atoms with Gasteiger partial charge in [-0.2, -0.15) is 0 Å². The van der Waals surface area contributed by atoms with Crippen molar-refractivity contribution in [2.75, 3.05) is 12.4 Å². The summed E-state index contributed by atoms with van der Waals surface area (Å²) in [6.45, 7) is 2.65. The topological polar surface area (TPSA) is 47.3 Å². The minimum Gasteiger partial charge on any atom is -0.494 e. The summed E-state index contributed by atoms with van der Waals surface area (Å²) in [7, 11) is 0. The first-order valence-electron chi connectivity index (χ1n) is 6.70. The molecule has 2 aromatic rings. The Bertz CT molecular complexity index is 519. The minimum absolute atomic E-state index is 0.0978. The zero-order chi connectivity index (χ0) is 14.2. The second-order valence-electron chi connectivity index (χ2n) is 4.35. The molecule has 0 saturated carbocycles. The van der Waals surface area contributed by atoms with Gasteiger partial charge >= 0.3 is 0 Å². The molecule has 0 aromatic heterocycles. The van der Waals surface area contributed by atoms with Crippen LogP contribution in [0.2, 0.25) is 0 Å². The van der Waals surface area contributed by atoms with Crippen molar-refractivity contribution >= 4 is 11.8 Å². The predicted octanol–water partition coefficient (Wildman–Crippen LogP) is 3.38. The number of benzene rings is 2. The van der Waals surface area contributed by atoms with E-state index in [4.69, 9.17) is 10.6 Å². The Balaban J connectivity index is 2.02. The number of nitrogens with two attached hydrogens (primary N) is 1. The summed E-state index contributed by atoms with van der Waals surface area (Å²) in [4.78, 5) is 1.24. The molecule has 106 valence electrons. The molecular formula is C16H20N2OS. The third kappa shape index (κ3) is 4.27. The van der Waals surface area contributed by atoms with Crippen molar-refractivity contribution in [1.29, 1.82) is 0 Å². The monoisotopic (exact) mass is 288 g/mol. The Kier molecular flexibility index (Phi) is 5.92. The van der Waals surface area contributed by atoms with Gasteiger partial charge in [0.05, 0.1) is 12.6 Å². The van der Waals surface area contributed by atoms with Crippen molar-refractivity contribution in [2.24, 2.45) is 5.84 Å². The van der Waals surface area contributed by atoms with Crippen molar-refractivity contribution in [3.05, 3.63) is 60.2 Å². The molecule has 0 aliphatic carbocycles. The number of ether oxygens (including phenoxy) is 1. The maximum Gasteiger partial charge on any atom is 0.119 e. The highest BCUT2D eigenvalue weighted by Crippen LogP contribution is 2.26. The highest BCUT2D eigenvalue weighted by atomic mass is 32.2. The van der Waals surface area contributed by atoms with Gasteiger partial charge in [-0.3, -0.25) is 11.3 Å². The fourth-order valence-electron chi connectivity index (χ4n) is 1.92. The Morgan fingerprint density at radius 1 is 1.15 bits per heavy atom. The van der Waals surface area contributed by atoms with Gasteiger partial charge in [0.2, 0.25) is 0 Å². The SMILES string of the molecule is CCOc1cccc(C(CSc2ccccc2)NN)c1. The van der Waals surface area contributed by atoms with Gasteiger partial charge in [0.25, 0.3) is 0 Å². The van der Waals surface area contributed by atoms with Crippen LogP contribution in [0.3, 0.4) is 0 Å². The van der Waals surface area contributed by atoms with Crippen LogP contribution in [0.1, 0.15) is 18.5 Å². The van der Waals surface area contributed by atoms with Crippen molar-refractivity contribution in [3.63, 3.8) is 0 Å². The van der Waals surface area contributed by atoms with Crippen LogP contribution in [0.4, 0.5) is 0 Å². The average molecular weight is 288 g/mol. The molecule has 0 spiro atoms. The van der Waals surface area contributed by atoms with E-state index in [1.807, 2.05) is 43.3 Å². The van der Waals surface area contributed by atoms with E-state index in [9.17, 15) is 0 Å². The van der Waals surface area contributed by atoms with E-state index in [1.54, 1.807) is 11.8 Å². The smallest absolute Gasteiger partial charge is 0.119 e. The Morgan fingerprint density at radius 2 is 1.95 bits per heavy atom. The van der Waals surface area contributed by atoms with Gasteiger partial charge in [0, 0.05) is 10.6 Å². The first-order valence-corrected chi connectivity index (χ1v) is 7.68. The van der Waals surface area contributed by atoms with Crippen molar-refractivity contribution in [1.82, 2.24) is 5.43 Å². The first-order chi connectivity index (χ1) is 9.83. The van der Waals surface area contributed by atoms with Crippen molar-refractivity contribution < 1.29 is 4.74 Å². The lowest BCUT2D eigenvalue weighted by molar-refractivity contribution is 0.339. The molecule has 0 aliphatic rings. The lowest BCUT2D eigenvalue weighted by atomic mass is 10.1. The zero-order valence-corrected chi connectivity index (χ0v) is 12.4. The number of rotatable bonds is 7. The highest BCUT2D eigenvalue weighted by molar-refractivity contribution is 7.99. The lowest BCUT2D eigenvalue weighted by Crippen LogP contribution is -2.29. The summed E-state index contributed by atoms with van der Waals surface area (Å²) in [6, 6.07) is 18.5. The van der Waals surface area contributed by atoms with E-state index in [2.05, 4.69) is 23.6 Å². The molecule has 3 nitrogen and oxygen atoms in total. The van der Waals surface area contributed by atoms with Gasteiger partial charge in [-0.1, -0.05) is 30.3 Å². The third-order valence-electron chi connectivity index (χ3n) is 2.93. The van der Waals surface area contributed by atoms with Crippen LogP contribution in [0.5, 0.6) is 5.75 Å². The molecule has 4 heteroatoms. The quantitative estimate of drug-likeness (QED) is 0.466. The molecule has 1 unspecified atom stereocenters. The van der Waals surface area contributed by atoms with E-state index >= 15 is 0 Å². The van der Waals surface area contributed by atoms with Crippen molar-refractivity contribution in [2.45, 2.75) is 17.9 Å². The van der Waals surface area contributed by atoms with Gasteiger partial charge in [-0.15, -0.1) is 11.8 Å². The largest absolute Gasteiger partial charge is 0.494 e. The molecule has 3 N–H and O–H groups in total. The molecule has 20 heavy (non-hydrogen) atoms. The number of hydrazine groups is 1. The summed E-state index contributed by atoms with van der Waals surface area (Å²) in [5, 5.41) is 0. The number of thioether (sulfide) groups is 1. The second-order valence-corrected chi connectivity index (χ2v) is 5.44. The molecular weight excluding hydrogens is 268 g/mol. The molecule has 2 aromatic carbocycles. The molecule has 0 bridgehead atoms. The third-order valence-corrected chi connectivity index (χ3v) is 4.04. The fraction of sp³-hybridized carbons (Fsp3) is 0.250. The first kappa shape index (κ1) is 14.9. The van der Waals surface area contributed by atoms with Crippen LogP contribution in [0.15, 0.2) is 59.5 Å². The lowest BCUT2D eigenvalue weighted by Gasteiger charge is -2.17. The van der Waals surface area contributed by atoms with Gasteiger partial charge in [-0.25, -0.2) is 0 Å². The number of hydrogen-bond acceptors (Lipinski definition) is 4. The summed E-state index contributed by atoms with van der Waals surface area (Å²) < 4.78 is 5.53. The highest BCUT2D eigenvalue weighted by Gasteiger charge is 2.11. The summed E-state index contributed by atoms with van der Waals surface area (Å²) >= 11 is 1.78. The minimum atomic E-state index is 0.0978. The average Bonchev–Trinajstić information content (AvgIpc) is 2.50. The van der Waals surface area contributed by atoms with Gasteiger partial charge in [0.1, 0.15) is 5.75 Å². The van der Waals surface area contributed by atoms with Gasteiger partial charge in [-0.05, 0) is 36.8 Å². The zero-order valence-electron chi connectivity index (χ0n) is 11.6. The second kappa shape index (κ2) is 7.94. The van der Waals surface area contributed by atoms with Crippen LogP contribution in [0, 0.1) is 0 Å². The fourth-order valence-corrected chi connectivity index (χ4v) is 2.92. The molecule has 0 radical (unpaired) electrons. The van der Waals surface area contributed by atoms with Crippen molar-refractivity contribution in [3.8, 4) is 5.75 Å². The number of nitrogens with one attached hydrogen (secondary N) is 1. The van der Waals surface area contributed by atoms with Gasteiger partial charge < -0.3 is 4.74 Å². The molecule has 0 amide bonds. The van der Waals surface area contributed by atoms with E-state index in [0.29, 0.717) is 6.61 Å². The van der Waals surface area contributed by atoms with Gasteiger partial charge in [0.15, 0.2) is 0 Å². The van der Waals surface area contributed by atoms with E-state index in [-0.39, 0.29) is 6.04 Å². The Hall–Kier alpha value is -1.49. The summed E-state index contributed by atoms with van der Waals surface area (Å²) in [5.74, 6) is 7.44. The Labute approximate surface area is 124 Å². The van der Waals surface area contributed by atoms with Crippen LogP contribution in [-0.2, 0) is 0 Å². The van der Waals surface area contributed by atoms with Crippen LogP contribution in [0.25, 0.3) is 0 Å². The van der Waals surface area contributed by atoms with Crippen LogP contribution >= 0.6 is 11.8 Å². The summed E-state index contributed by atoms with van der Waals surface area (Å²) in [5.41, 5.74) is 4.02. The molecule has 0 aliphatic heterocycles.